The zero-order valence-electron chi connectivity index (χ0n) is 13.1. The number of nitrogens with zero attached hydrogens (tertiary/aromatic N) is 4. The Bertz CT molecular complexity index is 673. The van der Waals surface area contributed by atoms with Crippen LogP contribution in [0.15, 0.2) is 24.4 Å². The van der Waals surface area contributed by atoms with Gasteiger partial charge in [-0.05, 0) is 19.1 Å². The molecule has 0 aliphatic carbocycles. The summed E-state index contributed by atoms with van der Waals surface area (Å²) in [4.78, 5) is 26.7. The molecule has 22 heavy (non-hydrogen) atoms. The summed E-state index contributed by atoms with van der Waals surface area (Å²) in [6, 6.07) is 5.07. The van der Waals surface area contributed by atoms with Gasteiger partial charge in [-0.25, -0.2) is 15.0 Å². The number of hydrogen-bond donors (Lipinski definition) is 1. The summed E-state index contributed by atoms with van der Waals surface area (Å²) in [5.74, 6) is 0.818. The van der Waals surface area contributed by atoms with Gasteiger partial charge in [-0.15, -0.1) is 0 Å². The first kappa shape index (κ1) is 15.7. The minimum absolute atomic E-state index is 0.205. The van der Waals surface area contributed by atoms with E-state index in [-0.39, 0.29) is 5.91 Å². The Balaban J connectivity index is 2.07. The molecule has 116 valence electrons. The van der Waals surface area contributed by atoms with Gasteiger partial charge in [0.15, 0.2) is 0 Å². The van der Waals surface area contributed by atoms with Crippen LogP contribution in [0.4, 0.5) is 5.95 Å². The fourth-order valence-electron chi connectivity index (χ4n) is 1.84. The summed E-state index contributed by atoms with van der Waals surface area (Å²) >= 11 is 0. The van der Waals surface area contributed by atoms with Crippen LogP contribution in [0.5, 0.6) is 5.88 Å². The zero-order chi connectivity index (χ0) is 16.1. The number of hydrogen-bond acceptors (Lipinski definition) is 6. The number of rotatable bonds is 5. The molecule has 0 aromatic carbocycles. The van der Waals surface area contributed by atoms with Crippen LogP contribution in [-0.2, 0) is 6.54 Å². The average Bonchev–Trinajstić information content (AvgIpc) is 2.52. The smallest absolute Gasteiger partial charge is 0.251 e. The number of amides is 1. The van der Waals surface area contributed by atoms with Crippen molar-refractivity contribution in [3.05, 3.63) is 41.3 Å². The lowest BCUT2D eigenvalue weighted by atomic mass is 10.2. The van der Waals surface area contributed by atoms with E-state index in [1.165, 1.54) is 13.3 Å². The summed E-state index contributed by atoms with van der Waals surface area (Å²) in [5.41, 5.74) is 2.10. The zero-order valence-corrected chi connectivity index (χ0v) is 13.1. The molecule has 0 radical (unpaired) electrons. The number of carbonyl (C=O) groups excluding carboxylic acids is 1. The fraction of sp³-hybridized carbons (Fsp3) is 0.333. The molecule has 2 aromatic heterocycles. The first-order chi connectivity index (χ1) is 10.5. The van der Waals surface area contributed by atoms with Gasteiger partial charge in [0.25, 0.3) is 5.91 Å². The Labute approximate surface area is 129 Å². The van der Waals surface area contributed by atoms with Gasteiger partial charge in [-0.1, -0.05) is 0 Å². The van der Waals surface area contributed by atoms with Crippen molar-refractivity contribution < 1.29 is 9.53 Å². The molecular formula is C15H19N5O2. The average molecular weight is 301 g/mol. The lowest BCUT2D eigenvalue weighted by Crippen LogP contribution is -2.24. The van der Waals surface area contributed by atoms with Gasteiger partial charge in [0.05, 0.1) is 19.3 Å². The van der Waals surface area contributed by atoms with Crippen molar-refractivity contribution in [3.8, 4) is 5.88 Å². The Kier molecular flexibility index (Phi) is 4.88. The highest BCUT2D eigenvalue weighted by Gasteiger charge is 2.09. The van der Waals surface area contributed by atoms with E-state index in [9.17, 15) is 4.79 Å². The van der Waals surface area contributed by atoms with Crippen molar-refractivity contribution in [1.82, 2.24) is 20.3 Å². The summed E-state index contributed by atoms with van der Waals surface area (Å²) in [7, 11) is 5.26. The van der Waals surface area contributed by atoms with Gasteiger partial charge in [0, 0.05) is 37.6 Å². The molecule has 2 rings (SSSR count). The third kappa shape index (κ3) is 3.91. The minimum Gasteiger partial charge on any atom is -0.481 e. The number of methoxy groups -OCH3 is 1. The number of aryl methyl sites for hydroxylation is 1. The lowest BCUT2D eigenvalue weighted by molar-refractivity contribution is 0.0950. The maximum atomic E-state index is 12.1. The lowest BCUT2D eigenvalue weighted by Gasteiger charge is -2.12. The Morgan fingerprint density at radius 3 is 2.77 bits per heavy atom. The molecule has 0 atom stereocenters. The van der Waals surface area contributed by atoms with Crippen molar-refractivity contribution in [3.63, 3.8) is 0 Å². The number of ether oxygens (including phenoxy) is 1. The van der Waals surface area contributed by atoms with Crippen molar-refractivity contribution in [2.24, 2.45) is 0 Å². The highest BCUT2D eigenvalue weighted by atomic mass is 16.5. The molecule has 0 aliphatic heterocycles. The highest BCUT2D eigenvalue weighted by molar-refractivity contribution is 5.94. The van der Waals surface area contributed by atoms with Crippen LogP contribution < -0.4 is 15.0 Å². The first-order valence-corrected chi connectivity index (χ1v) is 6.79. The van der Waals surface area contributed by atoms with E-state index in [4.69, 9.17) is 4.74 Å². The van der Waals surface area contributed by atoms with E-state index in [2.05, 4.69) is 20.3 Å². The summed E-state index contributed by atoms with van der Waals surface area (Å²) in [6.07, 6.45) is 1.53. The molecule has 2 heterocycles. The SMILES string of the molecule is COc1cc(C(=O)NCc2cc(C)nc(N(C)C)n2)ccn1. The summed E-state index contributed by atoms with van der Waals surface area (Å²) < 4.78 is 5.01. The van der Waals surface area contributed by atoms with E-state index < -0.39 is 0 Å². The van der Waals surface area contributed by atoms with E-state index in [1.807, 2.05) is 32.0 Å². The van der Waals surface area contributed by atoms with Crippen molar-refractivity contribution in [2.45, 2.75) is 13.5 Å². The topological polar surface area (TPSA) is 80.2 Å². The molecule has 0 spiro atoms. The second kappa shape index (κ2) is 6.84. The van der Waals surface area contributed by atoms with Gasteiger partial charge in [0.1, 0.15) is 0 Å². The number of carbonyl (C=O) groups is 1. The van der Waals surface area contributed by atoms with E-state index in [0.717, 1.165) is 11.4 Å². The molecule has 7 heteroatoms. The number of anilines is 1. The van der Waals surface area contributed by atoms with Gasteiger partial charge in [-0.2, -0.15) is 0 Å². The molecule has 0 fully saturated rings. The molecule has 0 aliphatic rings. The largest absolute Gasteiger partial charge is 0.481 e. The molecule has 2 aromatic rings. The fourth-order valence-corrected chi connectivity index (χ4v) is 1.84. The second-order valence-corrected chi connectivity index (χ2v) is 4.96. The van der Waals surface area contributed by atoms with E-state index >= 15 is 0 Å². The van der Waals surface area contributed by atoms with Crippen LogP contribution in [0.2, 0.25) is 0 Å². The van der Waals surface area contributed by atoms with Crippen LogP contribution in [-0.4, -0.2) is 42.1 Å². The molecule has 0 saturated heterocycles. The van der Waals surface area contributed by atoms with Gasteiger partial charge < -0.3 is 15.0 Å². The third-order valence-electron chi connectivity index (χ3n) is 2.93. The third-order valence-corrected chi connectivity index (χ3v) is 2.93. The monoisotopic (exact) mass is 301 g/mol. The second-order valence-electron chi connectivity index (χ2n) is 4.96. The molecule has 0 unspecified atom stereocenters. The van der Waals surface area contributed by atoms with Gasteiger partial charge in [-0.3, -0.25) is 4.79 Å². The normalized spacial score (nSPS) is 10.2. The predicted octanol–water partition coefficient (Wildman–Crippen LogP) is 1.18. The van der Waals surface area contributed by atoms with Crippen LogP contribution >= 0.6 is 0 Å². The maximum Gasteiger partial charge on any atom is 0.251 e. The standard InChI is InChI=1S/C15H19N5O2/c1-10-7-12(19-15(18-10)20(2)3)9-17-14(21)11-5-6-16-13(8-11)22-4/h5-8H,9H2,1-4H3,(H,17,21). The van der Waals surface area contributed by atoms with Crippen molar-refractivity contribution >= 4 is 11.9 Å². The molecular weight excluding hydrogens is 282 g/mol. The molecule has 7 nitrogen and oxygen atoms in total. The van der Waals surface area contributed by atoms with Crippen molar-refractivity contribution in [1.29, 1.82) is 0 Å². The quantitative estimate of drug-likeness (QED) is 0.893. The maximum absolute atomic E-state index is 12.1. The summed E-state index contributed by atoms with van der Waals surface area (Å²) in [6.45, 7) is 2.22. The minimum atomic E-state index is -0.205. The van der Waals surface area contributed by atoms with Crippen LogP contribution in [0.3, 0.4) is 0 Å². The van der Waals surface area contributed by atoms with Crippen molar-refractivity contribution in [2.75, 3.05) is 26.1 Å². The van der Waals surface area contributed by atoms with Gasteiger partial charge in [0.2, 0.25) is 11.8 Å². The number of aromatic nitrogens is 3. The van der Waals surface area contributed by atoms with Crippen LogP contribution in [0, 0.1) is 6.92 Å². The molecule has 1 amide bonds. The summed E-state index contributed by atoms with van der Waals surface area (Å²) in [5, 5.41) is 2.83. The van der Waals surface area contributed by atoms with Crippen LogP contribution in [0.1, 0.15) is 21.7 Å². The number of pyridine rings is 1. The number of nitrogens with one attached hydrogen (secondary N) is 1. The molecule has 0 saturated carbocycles. The molecule has 1 N–H and O–H groups in total. The van der Waals surface area contributed by atoms with E-state index in [1.54, 1.807) is 12.1 Å². The Morgan fingerprint density at radius 1 is 1.32 bits per heavy atom. The van der Waals surface area contributed by atoms with Crippen LogP contribution in [0.25, 0.3) is 0 Å². The Morgan fingerprint density at radius 2 is 2.09 bits per heavy atom. The first-order valence-electron chi connectivity index (χ1n) is 6.79. The van der Waals surface area contributed by atoms with E-state index in [0.29, 0.717) is 23.9 Å². The molecule has 0 bridgehead atoms. The highest BCUT2D eigenvalue weighted by Crippen LogP contribution is 2.10. The Hall–Kier alpha value is -2.70. The van der Waals surface area contributed by atoms with Gasteiger partial charge >= 0.3 is 0 Å². The predicted molar refractivity (Wildman–Crippen MR) is 83.1 cm³/mol.